The Kier molecular flexibility index (Phi) is 2.99. The van der Waals surface area contributed by atoms with Gasteiger partial charge in [0.1, 0.15) is 6.07 Å². The van der Waals surface area contributed by atoms with Gasteiger partial charge in [0.05, 0.1) is 16.7 Å². The second kappa shape index (κ2) is 3.93. The van der Waals surface area contributed by atoms with Gasteiger partial charge in [0.2, 0.25) is 0 Å². The van der Waals surface area contributed by atoms with Crippen LogP contribution < -0.4 is 0 Å². The molecule has 0 saturated carbocycles. The Labute approximate surface area is 88.1 Å². The van der Waals surface area contributed by atoms with Gasteiger partial charge in [-0.25, -0.2) is 4.39 Å². The maximum Gasteiger partial charge on any atom is 0.417 e. The van der Waals surface area contributed by atoms with Crippen molar-refractivity contribution in [2.75, 3.05) is 0 Å². The normalized spacial score (nSPS) is 11.0. The second-order valence-electron chi connectivity index (χ2n) is 3.02. The minimum Gasteiger partial charge on any atom is -0.294 e. The maximum absolute atomic E-state index is 13.4. The van der Waals surface area contributed by atoms with E-state index >= 15 is 0 Å². The molecule has 0 saturated heterocycles. The van der Waals surface area contributed by atoms with Crippen LogP contribution in [0.25, 0.3) is 0 Å². The minimum absolute atomic E-state index is 0.526. The monoisotopic (exact) mass is 231 g/mol. The number of alkyl halides is 3. The number of carbonyl (C=O) groups excluding carboxylic acids is 1. The van der Waals surface area contributed by atoms with Gasteiger partial charge in [-0.2, -0.15) is 18.4 Å². The van der Waals surface area contributed by atoms with E-state index in [1.165, 1.54) is 6.07 Å². The number of Topliss-reactive ketones (excluding diaryl/α,β-unsaturated/α-hetero) is 1. The molecule has 0 N–H and O–H groups in total. The molecule has 0 atom stereocenters. The van der Waals surface area contributed by atoms with Crippen LogP contribution in [0.5, 0.6) is 0 Å². The molecular formula is C10H5F4NO. The molecule has 0 heterocycles. The first-order valence-electron chi connectivity index (χ1n) is 4.09. The van der Waals surface area contributed by atoms with Crippen LogP contribution in [-0.2, 0) is 6.18 Å². The molecule has 0 amide bonds. The summed E-state index contributed by atoms with van der Waals surface area (Å²) in [5.41, 5.74) is -3.04. The summed E-state index contributed by atoms with van der Waals surface area (Å²) in [6, 6.07) is 2.60. The Morgan fingerprint density at radius 2 is 1.94 bits per heavy atom. The zero-order chi connectivity index (χ0) is 12.5. The topological polar surface area (TPSA) is 40.9 Å². The molecule has 0 aliphatic heterocycles. The summed E-state index contributed by atoms with van der Waals surface area (Å²) in [4.78, 5) is 11.0. The first kappa shape index (κ1) is 12.2. The Morgan fingerprint density at radius 1 is 1.38 bits per heavy atom. The Morgan fingerprint density at radius 3 is 2.31 bits per heavy atom. The standard InChI is InChI=1S/C10H5F4NO/c1-5(16)8-7(10(12,13)14)3-2-6(4-15)9(8)11/h2-3H,1H3. The van der Waals surface area contributed by atoms with Gasteiger partial charge in [-0.15, -0.1) is 0 Å². The average molecular weight is 231 g/mol. The van der Waals surface area contributed by atoms with Gasteiger partial charge in [-0.05, 0) is 19.1 Å². The summed E-state index contributed by atoms with van der Waals surface area (Å²) in [5, 5.41) is 8.44. The number of ketones is 1. The SMILES string of the molecule is CC(=O)c1c(C(F)(F)F)ccc(C#N)c1F. The van der Waals surface area contributed by atoms with Crippen LogP contribution in [0.2, 0.25) is 0 Å². The van der Waals surface area contributed by atoms with E-state index in [4.69, 9.17) is 5.26 Å². The molecular weight excluding hydrogens is 226 g/mol. The zero-order valence-electron chi connectivity index (χ0n) is 8.02. The van der Waals surface area contributed by atoms with Crippen molar-refractivity contribution in [3.05, 3.63) is 34.6 Å². The molecule has 0 fully saturated rings. The molecule has 0 spiro atoms. The number of nitriles is 1. The van der Waals surface area contributed by atoms with E-state index in [1.54, 1.807) is 0 Å². The molecule has 6 heteroatoms. The van der Waals surface area contributed by atoms with Crippen LogP contribution in [0.15, 0.2) is 12.1 Å². The van der Waals surface area contributed by atoms with Crippen molar-refractivity contribution >= 4 is 5.78 Å². The number of hydrogen-bond acceptors (Lipinski definition) is 2. The van der Waals surface area contributed by atoms with Gasteiger partial charge in [0.25, 0.3) is 0 Å². The van der Waals surface area contributed by atoms with Crippen LogP contribution in [0.4, 0.5) is 17.6 Å². The third-order valence-electron chi connectivity index (χ3n) is 1.92. The maximum atomic E-state index is 13.4. The summed E-state index contributed by atoms with van der Waals surface area (Å²) >= 11 is 0. The highest BCUT2D eigenvalue weighted by atomic mass is 19.4. The van der Waals surface area contributed by atoms with Gasteiger partial charge in [0.15, 0.2) is 11.6 Å². The lowest BCUT2D eigenvalue weighted by Crippen LogP contribution is -2.14. The minimum atomic E-state index is -4.82. The van der Waals surface area contributed by atoms with Crippen molar-refractivity contribution in [1.29, 1.82) is 5.26 Å². The van der Waals surface area contributed by atoms with E-state index in [-0.39, 0.29) is 0 Å². The van der Waals surface area contributed by atoms with E-state index in [0.29, 0.717) is 12.1 Å². The predicted molar refractivity (Wildman–Crippen MR) is 46.1 cm³/mol. The molecule has 0 unspecified atom stereocenters. The summed E-state index contributed by atoms with van der Waals surface area (Å²) in [6.45, 7) is 0.814. The third-order valence-corrected chi connectivity index (χ3v) is 1.92. The van der Waals surface area contributed by atoms with Gasteiger partial charge in [0, 0.05) is 0 Å². The number of nitrogens with zero attached hydrogens (tertiary/aromatic N) is 1. The van der Waals surface area contributed by atoms with Gasteiger partial charge < -0.3 is 0 Å². The van der Waals surface area contributed by atoms with Crippen molar-refractivity contribution in [3.63, 3.8) is 0 Å². The molecule has 84 valence electrons. The second-order valence-corrected chi connectivity index (χ2v) is 3.02. The van der Waals surface area contributed by atoms with Crippen molar-refractivity contribution in [2.45, 2.75) is 13.1 Å². The molecule has 0 radical (unpaired) electrons. The summed E-state index contributed by atoms with van der Waals surface area (Å²) in [6.07, 6.45) is -4.82. The number of benzene rings is 1. The molecule has 16 heavy (non-hydrogen) atoms. The van der Waals surface area contributed by atoms with Gasteiger partial charge >= 0.3 is 6.18 Å². The zero-order valence-corrected chi connectivity index (χ0v) is 8.02. The number of hydrogen-bond donors (Lipinski definition) is 0. The molecule has 0 aliphatic carbocycles. The number of rotatable bonds is 1. The lowest BCUT2D eigenvalue weighted by atomic mass is 10.00. The first-order valence-corrected chi connectivity index (χ1v) is 4.09. The summed E-state index contributed by atoms with van der Waals surface area (Å²) < 4.78 is 50.6. The van der Waals surface area contributed by atoms with E-state index in [0.717, 1.165) is 6.92 Å². The van der Waals surface area contributed by atoms with Crippen LogP contribution in [0.1, 0.15) is 28.4 Å². The highest BCUT2D eigenvalue weighted by molar-refractivity contribution is 5.96. The first-order chi connectivity index (χ1) is 7.29. The van der Waals surface area contributed by atoms with Crippen molar-refractivity contribution in [3.8, 4) is 6.07 Å². The quantitative estimate of drug-likeness (QED) is 0.550. The predicted octanol–water partition coefficient (Wildman–Crippen LogP) is 2.92. The van der Waals surface area contributed by atoms with Gasteiger partial charge in [-0.3, -0.25) is 4.79 Å². The molecule has 2 nitrogen and oxygen atoms in total. The Bertz CT molecular complexity index is 485. The van der Waals surface area contributed by atoms with Crippen LogP contribution in [-0.4, -0.2) is 5.78 Å². The molecule has 1 rings (SSSR count). The number of halogens is 4. The van der Waals surface area contributed by atoms with Gasteiger partial charge in [-0.1, -0.05) is 0 Å². The molecule has 1 aromatic rings. The van der Waals surface area contributed by atoms with Crippen molar-refractivity contribution in [2.24, 2.45) is 0 Å². The molecule has 1 aromatic carbocycles. The fraction of sp³-hybridized carbons (Fsp3) is 0.200. The Balaban J connectivity index is 3.62. The lowest BCUT2D eigenvalue weighted by Gasteiger charge is -2.11. The molecule has 0 aliphatic rings. The highest BCUT2D eigenvalue weighted by Crippen LogP contribution is 2.34. The van der Waals surface area contributed by atoms with E-state index in [9.17, 15) is 22.4 Å². The smallest absolute Gasteiger partial charge is 0.294 e. The summed E-state index contributed by atoms with van der Waals surface area (Å²) in [7, 11) is 0. The molecule has 0 aromatic heterocycles. The fourth-order valence-electron chi connectivity index (χ4n) is 1.24. The van der Waals surface area contributed by atoms with E-state index in [1.807, 2.05) is 0 Å². The average Bonchev–Trinajstić information content (AvgIpc) is 2.15. The largest absolute Gasteiger partial charge is 0.417 e. The third kappa shape index (κ3) is 2.03. The highest BCUT2D eigenvalue weighted by Gasteiger charge is 2.36. The summed E-state index contributed by atoms with van der Waals surface area (Å²) in [5.74, 6) is -2.49. The Hall–Kier alpha value is -1.90. The fourth-order valence-corrected chi connectivity index (χ4v) is 1.24. The van der Waals surface area contributed by atoms with Crippen molar-refractivity contribution in [1.82, 2.24) is 0 Å². The van der Waals surface area contributed by atoms with Crippen molar-refractivity contribution < 1.29 is 22.4 Å². The van der Waals surface area contributed by atoms with E-state index in [2.05, 4.69) is 0 Å². The van der Waals surface area contributed by atoms with Crippen LogP contribution in [0, 0.1) is 17.1 Å². The van der Waals surface area contributed by atoms with E-state index < -0.39 is 34.5 Å². The lowest BCUT2D eigenvalue weighted by molar-refractivity contribution is -0.138. The molecule has 0 bridgehead atoms. The van der Waals surface area contributed by atoms with Crippen LogP contribution in [0.3, 0.4) is 0 Å². The van der Waals surface area contributed by atoms with Crippen LogP contribution >= 0.6 is 0 Å². The number of carbonyl (C=O) groups is 1.